The Hall–Kier alpha value is -0.940. The van der Waals surface area contributed by atoms with Crippen molar-refractivity contribution in [1.29, 1.82) is 0 Å². The third-order valence-corrected chi connectivity index (χ3v) is 2.21. The molecule has 0 aliphatic rings. The SMILES string of the molecule is CCC(O)CCNCc1ncnn1C. The molecule has 0 spiro atoms. The van der Waals surface area contributed by atoms with Crippen molar-refractivity contribution in [1.82, 2.24) is 20.1 Å². The summed E-state index contributed by atoms with van der Waals surface area (Å²) in [5.41, 5.74) is 0. The molecule has 0 radical (unpaired) electrons. The molecule has 14 heavy (non-hydrogen) atoms. The summed E-state index contributed by atoms with van der Waals surface area (Å²) in [4.78, 5) is 4.08. The fraction of sp³-hybridized carbons (Fsp3) is 0.778. The highest BCUT2D eigenvalue weighted by Gasteiger charge is 2.01. The summed E-state index contributed by atoms with van der Waals surface area (Å²) in [6.45, 7) is 3.49. The Kier molecular flexibility index (Phi) is 4.55. The average molecular weight is 198 g/mol. The zero-order chi connectivity index (χ0) is 10.4. The molecule has 5 heteroatoms. The van der Waals surface area contributed by atoms with Crippen molar-refractivity contribution in [3.8, 4) is 0 Å². The van der Waals surface area contributed by atoms with Crippen LogP contribution in [0.25, 0.3) is 0 Å². The summed E-state index contributed by atoms with van der Waals surface area (Å²) < 4.78 is 1.74. The zero-order valence-corrected chi connectivity index (χ0v) is 8.77. The quantitative estimate of drug-likeness (QED) is 0.635. The highest BCUT2D eigenvalue weighted by atomic mass is 16.3. The molecule has 0 amide bonds. The highest BCUT2D eigenvalue weighted by molar-refractivity contribution is 4.81. The number of aliphatic hydroxyl groups is 1. The molecule has 0 saturated carbocycles. The molecule has 2 N–H and O–H groups in total. The lowest BCUT2D eigenvalue weighted by atomic mass is 10.2. The van der Waals surface area contributed by atoms with Gasteiger partial charge in [0.05, 0.1) is 12.6 Å². The van der Waals surface area contributed by atoms with Crippen LogP contribution in [0.5, 0.6) is 0 Å². The van der Waals surface area contributed by atoms with E-state index in [1.165, 1.54) is 6.33 Å². The van der Waals surface area contributed by atoms with E-state index in [4.69, 9.17) is 0 Å². The van der Waals surface area contributed by atoms with Crippen LogP contribution in [0.2, 0.25) is 0 Å². The fourth-order valence-corrected chi connectivity index (χ4v) is 1.15. The first kappa shape index (κ1) is 11.1. The molecule has 1 atom stereocenters. The molecule has 1 aromatic heterocycles. The van der Waals surface area contributed by atoms with Crippen LogP contribution in [0.4, 0.5) is 0 Å². The summed E-state index contributed by atoms with van der Waals surface area (Å²) in [6, 6.07) is 0. The van der Waals surface area contributed by atoms with Gasteiger partial charge in [0.2, 0.25) is 0 Å². The van der Waals surface area contributed by atoms with Crippen LogP contribution < -0.4 is 5.32 Å². The van der Waals surface area contributed by atoms with Crippen LogP contribution in [-0.4, -0.2) is 32.5 Å². The van der Waals surface area contributed by atoms with Gasteiger partial charge in [-0.15, -0.1) is 0 Å². The molecule has 1 heterocycles. The van der Waals surface area contributed by atoms with Gasteiger partial charge in [-0.1, -0.05) is 6.92 Å². The second-order valence-electron chi connectivity index (χ2n) is 3.33. The summed E-state index contributed by atoms with van der Waals surface area (Å²) >= 11 is 0. The van der Waals surface area contributed by atoms with Crippen LogP contribution in [0.3, 0.4) is 0 Å². The smallest absolute Gasteiger partial charge is 0.140 e. The van der Waals surface area contributed by atoms with Gasteiger partial charge >= 0.3 is 0 Å². The maximum absolute atomic E-state index is 9.30. The van der Waals surface area contributed by atoms with Gasteiger partial charge < -0.3 is 10.4 Å². The lowest BCUT2D eigenvalue weighted by Crippen LogP contribution is -2.21. The van der Waals surface area contributed by atoms with Crippen LogP contribution in [0, 0.1) is 0 Å². The Labute approximate surface area is 84.2 Å². The maximum atomic E-state index is 9.30. The van der Waals surface area contributed by atoms with Crippen molar-refractivity contribution in [2.75, 3.05) is 6.54 Å². The maximum Gasteiger partial charge on any atom is 0.140 e. The minimum atomic E-state index is -0.193. The summed E-state index contributed by atoms with van der Waals surface area (Å²) in [7, 11) is 1.87. The third-order valence-electron chi connectivity index (χ3n) is 2.21. The number of aryl methyl sites for hydroxylation is 1. The molecule has 1 rings (SSSR count). The van der Waals surface area contributed by atoms with Crippen molar-refractivity contribution in [3.63, 3.8) is 0 Å². The van der Waals surface area contributed by atoms with E-state index >= 15 is 0 Å². The van der Waals surface area contributed by atoms with E-state index in [0.717, 1.165) is 25.2 Å². The number of nitrogens with one attached hydrogen (secondary N) is 1. The molecule has 80 valence electrons. The van der Waals surface area contributed by atoms with Crippen molar-refractivity contribution in [2.24, 2.45) is 7.05 Å². The molecular formula is C9H18N4O. The zero-order valence-electron chi connectivity index (χ0n) is 8.77. The van der Waals surface area contributed by atoms with Crippen LogP contribution in [0.1, 0.15) is 25.6 Å². The van der Waals surface area contributed by atoms with Crippen LogP contribution in [-0.2, 0) is 13.6 Å². The van der Waals surface area contributed by atoms with Gasteiger partial charge in [0.25, 0.3) is 0 Å². The number of hydrogen-bond donors (Lipinski definition) is 2. The molecule has 0 aliphatic carbocycles. The second-order valence-corrected chi connectivity index (χ2v) is 3.33. The molecule has 5 nitrogen and oxygen atoms in total. The predicted molar refractivity (Wildman–Crippen MR) is 53.6 cm³/mol. The topological polar surface area (TPSA) is 63.0 Å². The fourth-order valence-electron chi connectivity index (χ4n) is 1.15. The first-order chi connectivity index (χ1) is 6.74. The molecule has 1 unspecified atom stereocenters. The molecule has 0 aliphatic heterocycles. The number of nitrogens with zero attached hydrogens (tertiary/aromatic N) is 3. The second kappa shape index (κ2) is 5.72. The van der Waals surface area contributed by atoms with Gasteiger partial charge in [0, 0.05) is 7.05 Å². The first-order valence-electron chi connectivity index (χ1n) is 4.95. The van der Waals surface area contributed by atoms with Crippen LogP contribution >= 0.6 is 0 Å². The predicted octanol–water partition coefficient (Wildman–Crippen LogP) is 0.0657. The Bertz CT molecular complexity index is 261. The van der Waals surface area contributed by atoms with Gasteiger partial charge in [0.15, 0.2) is 0 Å². The van der Waals surface area contributed by atoms with Crippen molar-refractivity contribution >= 4 is 0 Å². The van der Waals surface area contributed by atoms with E-state index in [9.17, 15) is 5.11 Å². The molecule has 1 aromatic rings. The molecule has 0 fully saturated rings. The van der Waals surface area contributed by atoms with E-state index in [0.29, 0.717) is 6.54 Å². The number of rotatable bonds is 6. The van der Waals surface area contributed by atoms with Gasteiger partial charge in [-0.2, -0.15) is 5.10 Å². The molecular weight excluding hydrogens is 180 g/mol. The Morgan fingerprint density at radius 2 is 2.43 bits per heavy atom. The van der Waals surface area contributed by atoms with E-state index in [1.54, 1.807) is 4.68 Å². The highest BCUT2D eigenvalue weighted by Crippen LogP contribution is 1.95. The van der Waals surface area contributed by atoms with E-state index in [1.807, 2.05) is 14.0 Å². The average Bonchev–Trinajstić information content (AvgIpc) is 2.58. The minimum Gasteiger partial charge on any atom is -0.393 e. The van der Waals surface area contributed by atoms with Crippen molar-refractivity contribution in [3.05, 3.63) is 12.2 Å². The van der Waals surface area contributed by atoms with Crippen molar-refractivity contribution < 1.29 is 5.11 Å². The van der Waals surface area contributed by atoms with E-state index < -0.39 is 0 Å². The lowest BCUT2D eigenvalue weighted by Gasteiger charge is -2.07. The Morgan fingerprint density at radius 1 is 1.64 bits per heavy atom. The molecule has 0 aromatic carbocycles. The van der Waals surface area contributed by atoms with Gasteiger partial charge in [-0.25, -0.2) is 4.98 Å². The monoisotopic (exact) mass is 198 g/mol. The number of hydrogen-bond acceptors (Lipinski definition) is 4. The summed E-state index contributed by atoms with van der Waals surface area (Å²) in [5.74, 6) is 0.913. The van der Waals surface area contributed by atoms with Gasteiger partial charge in [-0.05, 0) is 19.4 Å². The standard InChI is InChI=1S/C9H18N4O/c1-3-8(14)4-5-10-6-9-11-7-12-13(9)2/h7-8,10,14H,3-6H2,1-2H3. The minimum absolute atomic E-state index is 0.193. The molecule has 0 saturated heterocycles. The summed E-state index contributed by atoms with van der Waals surface area (Å²) in [5, 5.41) is 16.5. The van der Waals surface area contributed by atoms with Crippen LogP contribution in [0.15, 0.2) is 6.33 Å². The Morgan fingerprint density at radius 3 is 3.00 bits per heavy atom. The van der Waals surface area contributed by atoms with Gasteiger partial charge in [0.1, 0.15) is 12.2 Å². The van der Waals surface area contributed by atoms with Gasteiger partial charge in [-0.3, -0.25) is 4.68 Å². The largest absolute Gasteiger partial charge is 0.393 e. The first-order valence-corrected chi connectivity index (χ1v) is 4.95. The lowest BCUT2D eigenvalue weighted by molar-refractivity contribution is 0.159. The number of aliphatic hydroxyl groups excluding tert-OH is 1. The third kappa shape index (κ3) is 3.43. The molecule has 0 bridgehead atoms. The van der Waals surface area contributed by atoms with E-state index in [2.05, 4.69) is 15.4 Å². The number of aromatic nitrogens is 3. The summed E-state index contributed by atoms with van der Waals surface area (Å²) in [6.07, 6.45) is 2.94. The normalized spacial score (nSPS) is 13.1. The Balaban J connectivity index is 2.13. The van der Waals surface area contributed by atoms with E-state index in [-0.39, 0.29) is 6.10 Å². The van der Waals surface area contributed by atoms with Crippen molar-refractivity contribution in [2.45, 2.75) is 32.4 Å².